The first-order chi connectivity index (χ1) is 14.4. The third-order valence-corrected chi connectivity index (χ3v) is 5.70. The molecule has 1 N–H and O–H groups in total. The van der Waals surface area contributed by atoms with Crippen LogP contribution in [-0.4, -0.2) is 55.5 Å². The third-order valence-electron chi connectivity index (χ3n) is 4.81. The largest absolute Gasteiger partial charge is 0.493 e. The molecule has 0 spiro atoms. The lowest BCUT2D eigenvalue weighted by atomic mass is 10.1. The molecule has 1 aliphatic rings. The Hall–Kier alpha value is -3.14. The van der Waals surface area contributed by atoms with Gasteiger partial charge in [-0.15, -0.1) is 11.3 Å². The zero-order chi connectivity index (χ0) is 21.8. The van der Waals surface area contributed by atoms with Gasteiger partial charge in [-0.1, -0.05) is 6.07 Å². The molecule has 2 aromatic rings. The number of rotatable bonds is 7. The van der Waals surface area contributed by atoms with E-state index in [1.54, 1.807) is 32.1 Å². The average Bonchev–Trinajstić information content (AvgIpc) is 3.29. The van der Waals surface area contributed by atoms with Crippen molar-refractivity contribution in [3.05, 3.63) is 34.3 Å². The van der Waals surface area contributed by atoms with Gasteiger partial charge in [-0.3, -0.25) is 9.59 Å². The first-order valence-electron chi connectivity index (χ1n) is 9.21. The number of benzene rings is 1. The van der Waals surface area contributed by atoms with E-state index in [-0.39, 0.29) is 23.9 Å². The monoisotopic (exact) mass is 433 g/mol. The van der Waals surface area contributed by atoms with Gasteiger partial charge in [0.15, 0.2) is 22.3 Å². The molecule has 0 aliphatic carbocycles. The summed E-state index contributed by atoms with van der Waals surface area (Å²) < 4.78 is 15.2. The van der Waals surface area contributed by atoms with Crippen molar-refractivity contribution in [2.45, 2.75) is 19.9 Å². The molecule has 0 saturated carbocycles. The summed E-state index contributed by atoms with van der Waals surface area (Å²) in [5.41, 5.74) is 1.05. The number of carbonyl (C=O) groups excluding carboxylic acids is 3. The van der Waals surface area contributed by atoms with Gasteiger partial charge in [0.05, 0.1) is 27.2 Å². The van der Waals surface area contributed by atoms with E-state index in [1.165, 1.54) is 18.4 Å². The quantitative estimate of drug-likeness (QED) is 0.667. The molecule has 10 heteroatoms. The van der Waals surface area contributed by atoms with E-state index in [0.29, 0.717) is 34.6 Å². The summed E-state index contributed by atoms with van der Waals surface area (Å²) in [6.07, 6.45) is 0.118. The van der Waals surface area contributed by atoms with Crippen molar-refractivity contribution in [1.29, 1.82) is 0 Å². The number of carbonyl (C=O) groups is 3. The topological polar surface area (TPSA) is 107 Å². The van der Waals surface area contributed by atoms with Crippen LogP contribution in [0.1, 0.15) is 27.3 Å². The van der Waals surface area contributed by atoms with Crippen molar-refractivity contribution in [3.63, 3.8) is 0 Å². The first-order valence-corrected chi connectivity index (χ1v) is 10.0. The minimum Gasteiger partial charge on any atom is -0.493 e. The number of aryl methyl sites for hydroxylation is 1. The fourth-order valence-corrected chi connectivity index (χ4v) is 4.05. The Kier molecular flexibility index (Phi) is 6.56. The highest BCUT2D eigenvalue weighted by Crippen LogP contribution is 2.30. The molecule has 1 saturated heterocycles. The number of nitrogens with one attached hydrogen (secondary N) is 1. The third kappa shape index (κ3) is 4.54. The van der Waals surface area contributed by atoms with Gasteiger partial charge >= 0.3 is 5.97 Å². The molecule has 30 heavy (non-hydrogen) atoms. The number of hydrogen-bond acceptors (Lipinski definition) is 8. The highest BCUT2D eigenvalue weighted by molar-refractivity contribution is 7.16. The van der Waals surface area contributed by atoms with Crippen LogP contribution in [0.3, 0.4) is 0 Å². The van der Waals surface area contributed by atoms with E-state index in [2.05, 4.69) is 15.0 Å². The number of hydrogen-bond donors (Lipinski definition) is 1. The Morgan fingerprint density at radius 1 is 1.23 bits per heavy atom. The van der Waals surface area contributed by atoms with Gasteiger partial charge in [0.25, 0.3) is 0 Å². The summed E-state index contributed by atoms with van der Waals surface area (Å²) in [4.78, 5) is 43.1. The Balaban J connectivity index is 1.64. The maximum atomic E-state index is 12.6. The zero-order valence-electron chi connectivity index (χ0n) is 17.2. The van der Waals surface area contributed by atoms with Gasteiger partial charge in [0.1, 0.15) is 0 Å². The smallest absolute Gasteiger partial charge is 0.357 e. The molecule has 2 heterocycles. The fraction of sp³-hybridized carbons (Fsp3) is 0.400. The van der Waals surface area contributed by atoms with Crippen LogP contribution in [0.25, 0.3) is 0 Å². The number of ether oxygens (including phenoxy) is 3. The second-order valence-corrected chi connectivity index (χ2v) is 7.97. The highest BCUT2D eigenvalue weighted by Gasteiger charge is 2.35. The van der Waals surface area contributed by atoms with Crippen LogP contribution < -0.4 is 14.8 Å². The predicted octanol–water partition coefficient (Wildman–Crippen LogP) is 2.24. The minimum atomic E-state index is -0.554. The number of methoxy groups -OCH3 is 3. The molecule has 1 atom stereocenters. The second kappa shape index (κ2) is 9.12. The van der Waals surface area contributed by atoms with Crippen LogP contribution in [0.4, 0.5) is 5.13 Å². The van der Waals surface area contributed by atoms with Gasteiger partial charge in [-0.2, -0.15) is 0 Å². The highest BCUT2D eigenvalue weighted by atomic mass is 32.1. The molecule has 9 nitrogen and oxygen atoms in total. The van der Waals surface area contributed by atoms with E-state index in [4.69, 9.17) is 9.47 Å². The molecule has 0 bridgehead atoms. The van der Waals surface area contributed by atoms with Crippen molar-refractivity contribution in [2.24, 2.45) is 5.92 Å². The van der Waals surface area contributed by atoms with Gasteiger partial charge in [0, 0.05) is 24.4 Å². The van der Waals surface area contributed by atoms with Gasteiger partial charge in [0.2, 0.25) is 11.8 Å². The van der Waals surface area contributed by atoms with E-state index >= 15 is 0 Å². The Morgan fingerprint density at radius 3 is 2.63 bits per heavy atom. The number of amides is 2. The standard InChI is InChI=1S/C20H23N3O6S/c1-11-17(19(26)29-4)21-20(30-11)22-18(25)13-8-16(24)23(10-13)9-12-5-6-14(27-2)15(7-12)28-3/h5-7,13H,8-10H2,1-4H3,(H,21,22,25)/t13-/m0/s1. The first kappa shape index (κ1) is 21.6. The minimum absolute atomic E-state index is 0.101. The zero-order valence-corrected chi connectivity index (χ0v) is 18.0. The fourth-order valence-electron chi connectivity index (χ4n) is 3.24. The van der Waals surface area contributed by atoms with Crippen LogP contribution in [-0.2, 0) is 20.9 Å². The Morgan fingerprint density at radius 2 is 1.97 bits per heavy atom. The number of nitrogens with zero attached hydrogens (tertiary/aromatic N) is 2. The summed E-state index contributed by atoms with van der Waals surface area (Å²) in [7, 11) is 4.38. The Bertz CT molecular complexity index is 973. The van der Waals surface area contributed by atoms with Crippen LogP contribution in [0.5, 0.6) is 11.5 Å². The number of likely N-dealkylation sites (tertiary alicyclic amines) is 1. The maximum absolute atomic E-state index is 12.6. The van der Waals surface area contributed by atoms with E-state index in [9.17, 15) is 14.4 Å². The van der Waals surface area contributed by atoms with Crippen molar-refractivity contribution in [2.75, 3.05) is 33.2 Å². The summed E-state index contributed by atoms with van der Waals surface area (Å²) in [6.45, 7) is 2.39. The molecule has 160 valence electrons. The van der Waals surface area contributed by atoms with Crippen LogP contribution in [0, 0.1) is 12.8 Å². The molecule has 0 unspecified atom stereocenters. The van der Waals surface area contributed by atoms with Crippen LogP contribution in [0.15, 0.2) is 18.2 Å². The summed E-state index contributed by atoms with van der Waals surface area (Å²) in [5.74, 6) is -0.267. The van der Waals surface area contributed by atoms with E-state index < -0.39 is 11.9 Å². The van der Waals surface area contributed by atoms with Gasteiger partial charge in [-0.05, 0) is 24.6 Å². The molecule has 1 fully saturated rings. The second-order valence-electron chi connectivity index (χ2n) is 6.77. The molecule has 0 radical (unpaired) electrons. The molecule has 1 aromatic carbocycles. The average molecular weight is 433 g/mol. The number of anilines is 1. The van der Waals surface area contributed by atoms with Gasteiger partial charge in [-0.25, -0.2) is 9.78 Å². The maximum Gasteiger partial charge on any atom is 0.357 e. The summed E-state index contributed by atoms with van der Waals surface area (Å²) in [5, 5.41) is 3.02. The van der Waals surface area contributed by atoms with Crippen molar-refractivity contribution < 1.29 is 28.6 Å². The van der Waals surface area contributed by atoms with Crippen LogP contribution in [0.2, 0.25) is 0 Å². The number of esters is 1. The molecule has 1 aliphatic heterocycles. The molecule has 1 aromatic heterocycles. The molecule has 2 amide bonds. The normalized spacial score (nSPS) is 15.8. The summed E-state index contributed by atoms with van der Waals surface area (Å²) >= 11 is 1.19. The lowest BCUT2D eigenvalue weighted by molar-refractivity contribution is -0.128. The SMILES string of the molecule is COC(=O)c1nc(NC(=O)[C@H]2CC(=O)N(Cc3ccc(OC)c(OC)c3)C2)sc1C. The summed E-state index contributed by atoms with van der Waals surface area (Å²) in [6, 6.07) is 5.45. The van der Waals surface area contributed by atoms with E-state index in [0.717, 1.165) is 5.56 Å². The molecule has 3 rings (SSSR count). The molecular weight excluding hydrogens is 410 g/mol. The lowest BCUT2D eigenvalue weighted by Crippen LogP contribution is -2.28. The van der Waals surface area contributed by atoms with Crippen molar-refractivity contribution >= 4 is 34.3 Å². The number of thiazole rings is 1. The van der Waals surface area contributed by atoms with Crippen molar-refractivity contribution in [3.8, 4) is 11.5 Å². The van der Waals surface area contributed by atoms with Crippen molar-refractivity contribution in [1.82, 2.24) is 9.88 Å². The van der Waals surface area contributed by atoms with E-state index in [1.807, 2.05) is 12.1 Å². The van der Waals surface area contributed by atoms with Gasteiger partial charge < -0.3 is 24.4 Å². The molecular formula is C20H23N3O6S. The lowest BCUT2D eigenvalue weighted by Gasteiger charge is -2.17. The predicted molar refractivity (Wildman–Crippen MR) is 110 cm³/mol. The van der Waals surface area contributed by atoms with Crippen LogP contribution >= 0.6 is 11.3 Å². The number of aromatic nitrogens is 1. The Labute approximate surface area is 177 Å².